The molecule has 0 amide bonds. The Morgan fingerprint density at radius 3 is 2.35 bits per heavy atom. The molecule has 34 heavy (non-hydrogen) atoms. The summed E-state index contributed by atoms with van der Waals surface area (Å²) in [6, 6.07) is 1.99. The molecule has 3 aliphatic rings. The highest BCUT2D eigenvalue weighted by atomic mass is 19.2. The van der Waals surface area contributed by atoms with E-state index in [1.54, 1.807) is 21.0 Å². The Balaban J connectivity index is 1.56. The van der Waals surface area contributed by atoms with Gasteiger partial charge in [-0.05, 0) is 38.7 Å². The van der Waals surface area contributed by atoms with Crippen LogP contribution in [0.5, 0.6) is 0 Å². The highest BCUT2D eigenvalue weighted by Gasteiger charge is 2.68. The van der Waals surface area contributed by atoms with Gasteiger partial charge in [0.15, 0.2) is 11.6 Å². The van der Waals surface area contributed by atoms with Crippen molar-refractivity contribution in [1.29, 1.82) is 0 Å². The van der Waals surface area contributed by atoms with Crippen LogP contribution in [-0.4, -0.2) is 101 Å². The van der Waals surface area contributed by atoms with E-state index in [1.807, 2.05) is 0 Å². The van der Waals surface area contributed by atoms with E-state index in [0.717, 1.165) is 12.1 Å². The summed E-state index contributed by atoms with van der Waals surface area (Å²) < 4.78 is 44.4. The van der Waals surface area contributed by atoms with E-state index < -0.39 is 71.9 Å². The van der Waals surface area contributed by atoms with E-state index in [0.29, 0.717) is 5.56 Å². The van der Waals surface area contributed by atoms with Gasteiger partial charge in [0.25, 0.3) is 0 Å². The zero-order valence-electron chi connectivity index (χ0n) is 19.2. The minimum atomic E-state index is -2.34. The summed E-state index contributed by atoms with van der Waals surface area (Å²) in [6.45, 7) is 1.59. The largest absolute Gasteiger partial charge is 0.390 e. The van der Waals surface area contributed by atoms with E-state index in [1.165, 1.54) is 6.07 Å². The zero-order valence-corrected chi connectivity index (χ0v) is 19.2. The highest BCUT2D eigenvalue weighted by Crippen LogP contribution is 2.46. The van der Waals surface area contributed by atoms with Crippen LogP contribution in [0, 0.1) is 11.6 Å². The average molecular weight is 490 g/mol. The molecule has 0 spiro atoms. The number of ether oxygens (including phenoxy) is 3. The number of aliphatic hydroxyl groups excluding tert-OH is 2. The molecule has 2 aliphatic heterocycles. The number of likely N-dealkylation sites (N-methyl/N-ethyl adjacent to an activating group) is 2. The van der Waals surface area contributed by atoms with Gasteiger partial charge in [-0.2, -0.15) is 0 Å². The fourth-order valence-electron chi connectivity index (χ4n) is 5.29. The lowest BCUT2D eigenvalue weighted by atomic mass is 9.77. The zero-order chi connectivity index (χ0) is 24.8. The average Bonchev–Trinajstić information content (AvgIpc) is 2.77. The molecule has 2 saturated heterocycles. The van der Waals surface area contributed by atoms with Crippen molar-refractivity contribution < 1.29 is 43.4 Å². The van der Waals surface area contributed by atoms with Gasteiger partial charge in [0.1, 0.15) is 23.9 Å². The van der Waals surface area contributed by atoms with Crippen LogP contribution >= 0.6 is 0 Å². The van der Waals surface area contributed by atoms with Crippen molar-refractivity contribution in [3.63, 3.8) is 0 Å². The standard InChI is InChI=1S/C22H33F2N3O7/c1-10-7-21(30,9-27-8-11-4-5-12(23)13(24)6-11)22(31)20(32-10)33-19-17(29)14(25-2)16(28)15(26-3)18(19)34-22/h4-6,10,14-20,25-31H,7-9H2,1-3H3/t10-,14-,15+,16+,17+,18-,19?,20+,21-,22-/m1/s1. The van der Waals surface area contributed by atoms with E-state index in [2.05, 4.69) is 16.0 Å². The monoisotopic (exact) mass is 489 g/mol. The summed E-state index contributed by atoms with van der Waals surface area (Å²) in [5, 5.41) is 53.4. The smallest absolute Gasteiger partial charge is 0.249 e. The fourth-order valence-corrected chi connectivity index (χ4v) is 5.29. The van der Waals surface area contributed by atoms with E-state index in [-0.39, 0.29) is 19.5 Å². The molecule has 192 valence electrons. The Kier molecular flexibility index (Phi) is 7.29. The molecule has 12 heteroatoms. The van der Waals surface area contributed by atoms with Crippen molar-refractivity contribution in [1.82, 2.24) is 16.0 Å². The first-order chi connectivity index (χ1) is 16.0. The van der Waals surface area contributed by atoms with Gasteiger partial charge in [-0.25, -0.2) is 8.78 Å². The summed E-state index contributed by atoms with van der Waals surface area (Å²) in [6.07, 6.45) is -6.24. The number of nitrogens with one attached hydrogen (secondary N) is 3. The summed E-state index contributed by atoms with van der Waals surface area (Å²) >= 11 is 0. The predicted octanol–water partition coefficient (Wildman–Crippen LogP) is -1.70. The first-order valence-electron chi connectivity index (χ1n) is 11.3. The maximum Gasteiger partial charge on any atom is 0.249 e. The molecule has 4 rings (SSSR count). The normalized spacial score (nSPS) is 44.4. The van der Waals surface area contributed by atoms with E-state index in [9.17, 15) is 29.2 Å². The van der Waals surface area contributed by atoms with Crippen LogP contribution in [-0.2, 0) is 20.8 Å². The number of rotatable bonds is 6. The van der Waals surface area contributed by atoms with Gasteiger partial charge < -0.3 is 50.6 Å². The third kappa shape index (κ3) is 4.26. The molecule has 10 atom stereocenters. The molecule has 7 N–H and O–H groups in total. The summed E-state index contributed by atoms with van der Waals surface area (Å²) in [4.78, 5) is 0. The number of aliphatic hydroxyl groups is 4. The van der Waals surface area contributed by atoms with Crippen molar-refractivity contribution >= 4 is 0 Å². The van der Waals surface area contributed by atoms with Gasteiger partial charge in [0.2, 0.25) is 12.1 Å². The van der Waals surface area contributed by atoms with Gasteiger partial charge in [-0.3, -0.25) is 0 Å². The Labute approximate surface area is 196 Å². The molecule has 0 radical (unpaired) electrons. The lowest BCUT2D eigenvalue weighted by Gasteiger charge is -2.60. The number of hydrogen-bond acceptors (Lipinski definition) is 10. The fraction of sp³-hybridized carbons (Fsp3) is 0.727. The molecule has 10 nitrogen and oxygen atoms in total. The van der Waals surface area contributed by atoms with Crippen molar-refractivity contribution in [3.8, 4) is 0 Å². The molecular weight excluding hydrogens is 456 g/mol. The first-order valence-corrected chi connectivity index (χ1v) is 11.3. The lowest BCUT2D eigenvalue weighted by molar-refractivity contribution is -0.482. The van der Waals surface area contributed by atoms with E-state index in [4.69, 9.17) is 14.2 Å². The van der Waals surface area contributed by atoms with E-state index >= 15 is 0 Å². The highest BCUT2D eigenvalue weighted by molar-refractivity contribution is 5.18. The quantitative estimate of drug-likeness (QED) is 0.247. The Hall–Kier alpha value is -1.32. The Morgan fingerprint density at radius 1 is 1.00 bits per heavy atom. The Bertz CT molecular complexity index is 885. The van der Waals surface area contributed by atoms with Crippen molar-refractivity contribution in [2.45, 2.75) is 80.2 Å². The summed E-state index contributed by atoms with van der Waals surface area (Å²) in [7, 11) is 3.20. The summed E-state index contributed by atoms with van der Waals surface area (Å²) in [5.41, 5.74) is -1.47. The van der Waals surface area contributed by atoms with Crippen LogP contribution in [0.15, 0.2) is 18.2 Å². The van der Waals surface area contributed by atoms with Crippen molar-refractivity contribution in [2.24, 2.45) is 0 Å². The molecule has 0 aromatic heterocycles. The molecule has 1 aliphatic carbocycles. The summed E-state index contributed by atoms with van der Waals surface area (Å²) in [5.74, 6) is -4.29. The van der Waals surface area contributed by atoms with Crippen LogP contribution in [0.25, 0.3) is 0 Å². The first kappa shape index (κ1) is 25.8. The predicted molar refractivity (Wildman–Crippen MR) is 114 cm³/mol. The molecule has 3 fully saturated rings. The number of fused-ring (bicyclic) bond motifs is 2. The molecule has 1 aromatic rings. The molecule has 0 bridgehead atoms. The minimum Gasteiger partial charge on any atom is -0.390 e. The van der Waals surface area contributed by atoms with Crippen LogP contribution < -0.4 is 16.0 Å². The van der Waals surface area contributed by atoms with Gasteiger partial charge in [0, 0.05) is 19.5 Å². The minimum absolute atomic E-state index is 0.0278. The molecular formula is C22H33F2N3O7. The van der Waals surface area contributed by atoms with Crippen LogP contribution in [0.2, 0.25) is 0 Å². The molecule has 2 heterocycles. The van der Waals surface area contributed by atoms with Gasteiger partial charge in [0.05, 0.1) is 24.3 Å². The maximum absolute atomic E-state index is 13.5. The van der Waals surface area contributed by atoms with Crippen LogP contribution in [0.4, 0.5) is 8.78 Å². The van der Waals surface area contributed by atoms with Crippen molar-refractivity contribution in [3.05, 3.63) is 35.4 Å². The molecule has 1 unspecified atom stereocenters. The van der Waals surface area contributed by atoms with Crippen LogP contribution in [0.3, 0.4) is 0 Å². The topological polar surface area (TPSA) is 145 Å². The maximum atomic E-state index is 13.5. The molecule has 1 aromatic carbocycles. The number of hydrogen-bond donors (Lipinski definition) is 7. The third-order valence-electron chi connectivity index (χ3n) is 7.08. The van der Waals surface area contributed by atoms with Crippen molar-refractivity contribution in [2.75, 3.05) is 20.6 Å². The SMILES string of the molecule is CN[C@@H]1[C@H](O)[C@H](NC)[C@H]2O[C@]3(O)[C@H](OC2[C@H]1O)O[C@H](C)C[C@@]3(O)CNCc1ccc(F)c(F)c1. The lowest BCUT2D eigenvalue weighted by Crippen LogP contribution is -2.81. The van der Waals surface area contributed by atoms with Gasteiger partial charge in [-0.1, -0.05) is 6.07 Å². The number of benzene rings is 1. The number of halogens is 2. The second-order valence-electron chi connectivity index (χ2n) is 9.36. The van der Waals surface area contributed by atoms with Gasteiger partial charge >= 0.3 is 0 Å². The second kappa shape index (κ2) is 9.62. The second-order valence-corrected chi connectivity index (χ2v) is 9.36. The Morgan fingerprint density at radius 2 is 1.71 bits per heavy atom. The molecule has 1 saturated carbocycles. The van der Waals surface area contributed by atoms with Crippen LogP contribution in [0.1, 0.15) is 18.9 Å². The van der Waals surface area contributed by atoms with Gasteiger partial charge in [-0.15, -0.1) is 0 Å². The third-order valence-corrected chi connectivity index (χ3v) is 7.08.